The van der Waals surface area contributed by atoms with Crippen LogP contribution in [-0.2, 0) is 4.79 Å². The van der Waals surface area contributed by atoms with Gasteiger partial charge in [-0.3, -0.25) is 9.59 Å². The van der Waals surface area contributed by atoms with Crippen molar-refractivity contribution >= 4 is 27.8 Å². The monoisotopic (exact) mass is 301 g/mol. The highest BCUT2D eigenvalue weighted by atomic mass is 79.9. The van der Waals surface area contributed by atoms with Gasteiger partial charge in [0, 0.05) is 6.04 Å². The van der Waals surface area contributed by atoms with Crippen LogP contribution in [0.3, 0.4) is 0 Å². The van der Waals surface area contributed by atoms with Gasteiger partial charge in [-0.15, -0.1) is 0 Å². The molecule has 0 unspecified atom stereocenters. The summed E-state index contributed by atoms with van der Waals surface area (Å²) >= 11 is 3.12. The summed E-state index contributed by atoms with van der Waals surface area (Å²) in [6.45, 7) is 0. The number of furan rings is 1. The van der Waals surface area contributed by atoms with E-state index in [4.69, 9.17) is 9.52 Å². The first kappa shape index (κ1) is 12.2. The summed E-state index contributed by atoms with van der Waals surface area (Å²) in [6.07, 6.45) is 1.80. The van der Waals surface area contributed by atoms with Crippen LogP contribution in [0.15, 0.2) is 21.2 Å². The van der Waals surface area contributed by atoms with Gasteiger partial charge in [-0.05, 0) is 47.3 Å². The van der Waals surface area contributed by atoms with E-state index in [2.05, 4.69) is 21.2 Å². The van der Waals surface area contributed by atoms with E-state index in [1.54, 1.807) is 12.1 Å². The fraction of sp³-hybridized carbons (Fsp3) is 0.455. The number of carboxylic acids is 1. The van der Waals surface area contributed by atoms with Gasteiger partial charge in [0.25, 0.3) is 5.91 Å². The highest BCUT2D eigenvalue weighted by Crippen LogP contribution is 2.26. The van der Waals surface area contributed by atoms with Crippen LogP contribution in [0.5, 0.6) is 0 Å². The maximum absolute atomic E-state index is 11.7. The summed E-state index contributed by atoms with van der Waals surface area (Å²) in [5.74, 6) is -1.20. The second-order valence-corrected chi connectivity index (χ2v) is 4.90. The molecule has 92 valence electrons. The number of rotatable bonds is 3. The molecule has 1 saturated carbocycles. The van der Waals surface area contributed by atoms with Gasteiger partial charge in [-0.25, -0.2) is 0 Å². The molecule has 1 aromatic heterocycles. The topological polar surface area (TPSA) is 79.5 Å². The van der Waals surface area contributed by atoms with Crippen LogP contribution in [0.25, 0.3) is 0 Å². The third-order valence-corrected chi connectivity index (χ3v) is 3.34. The number of aliphatic carboxylic acids is 1. The molecule has 1 aromatic rings. The average Bonchev–Trinajstić information content (AvgIpc) is 2.86. The van der Waals surface area contributed by atoms with Crippen LogP contribution in [0.4, 0.5) is 0 Å². The largest absolute Gasteiger partial charge is 0.481 e. The van der Waals surface area contributed by atoms with Crippen LogP contribution >= 0.6 is 15.9 Å². The molecule has 1 amide bonds. The zero-order valence-corrected chi connectivity index (χ0v) is 10.6. The molecule has 0 spiro atoms. The maximum Gasteiger partial charge on any atom is 0.306 e. The lowest BCUT2D eigenvalue weighted by molar-refractivity contribution is -0.141. The van der Waals surface area contributed by atoms with E-state index in [1.165, 1.54) is 0 Å². The lowest BCUT2D eigenvalue weighted by Crippen LogP contribution is -2.33. The highest BCUT2D eigenvalue weighted by Gasteiger charge is 2.31. The minimum absolute atomic E-state index is 0.0764. The number of amides is 1. The van der Waals surface area contributed by atoms with Gasteiger partial charge in [0.1, 0.15) is 0 Å². The molecule has 1 fully saturated rings. The maximum atomic E-state index is 11.7. The third-order valence-electron chi connectivity index (χ3n) is 2.91. The Hall–Kier alpha value is -1.30. The Bertz CT molecular complexity index is 442. The molecule has 5 nitrogen and oxygen atoms in total. The number of carbonyl (C=O) groups is 2. The first-order valence-corrected chi connectivity index (χ1v) is 6.14. The van der Waals surface area contributed by atoms with Crippen molar-refractivity contribution in [2.45, 2.75) is 25.3 Å². The standard InChI is InChI=1S/C11H12BrNO4/c12-9-4-3-8(17-9)10(14)13-7-2-1-6(5-7)11(15)16/h3-4,6-7H,1-2,5H2,(H,13,14)(H,15,16)/t6-,7+/m0/s1. The first-order chi connectivity index (χ1) is 8.06. The van der Waals surface area contributed by atoms with E-state index >= 15 is 0 Å². The number of hydrogen-bond donors (Lipinski definition) is 2. The van der Waals surface area contributed by atoms with E-state index in [0.29, 0.717) is 23.9 Å². The van der Waals surface area contributed by atoms with Crippen molar-refractivity contribution in [2.24, 2.45) is 5.92 Å². The van der Waals surface area contributed by atoms with Crippen LogP contribution in [0.1, 0.15) is 29.8 Å². The molecule has 2 atom stereocenters. The number of halogens is 1. The summed E-state index contributed by atoms with van der Waals surface area (Å²) in [4.78, 5) is 22.5. The fourth-order valence-corrected chi connectivity index (χ4v) is 2.34. The predicted octanol–water partition coefficient (Wildman–Crippen LogP) is 2.03. The smallest absolute Gasteiger partial charge is 0.306 e. The molecular formula is C11H12BrNO4. The van der Waals surface area contributed by atoms with E-state index in [9.17, 15) is 9.59 Å². The molecule has 0 saturated heterocycles. The molecule has 2 N–H and O–H groups in total. The minimum atomic E-state index is -0.789. The second-order valence-electron chi connectivity index (χ2n) is 4.12. The van der Waals surface area contributed by atoms with Crippen LogP contribution in [0, 0.1) is 5.92 Å². The molecule has 0 aliphatic heterocycles. The predicted molar refractivity (Wildman–Crippen MR) is 62.6 cm³/mol. The Labute approximate surface area is 106 Å². The van der Waals surface area contributed by atoms with Crippen LogP contribution in [0.2, 0.25) is 0 Å². The summed E-state index contributed by atoms with van der Waals surface area (Å²) in [5.41, 5.74) is 0. The summed E-state index contributed by atoms with van der Waals surface area (Å²) in [6, 6.07) is 3.14. The van der Waals surface area contributed by atoms with E-state index in [-0.39, 0.29) is 23.6 Å². The first-order valence-electron chi connectivity index (χ1n) is 5.35. The molecule has 0 radical (unpaired) electrons. The lowest BCUT2D eigenvalue weighted by Gasteiger charge is -2.10. The van der Waals surface area contributed by atoms with Gasteiger partial charge in [0.2, 0.25) is 0 Å². The van der Waals surface area contributed by atoms with Gasteiger partial charge in [-0.2, -0.15) is 0 Å². The summed E-state index contributed by atoms with van der Waals surface area (Å²) in [7, 11) is 0. The molecule has 17 heavy (non-hydrogen) atoms. The molecule has 1 aliphatic rings. The number of hydrogen-bond acceptors (Lipinski definition) is 3. The van der Waals surface area contributed by atoms with Crippen molar-refractivity contribution in [1.29, 1.82) is 0 Å². The highest BCUT2D eigenvalue weighted by molar-refractivity contribution is 9.10. The molecule has 6 heteroatoms. The lowest BCUT2D eigenvalue weighted by atomic mass is 10.1. The Morgan fingerprint density at radius 2 is 2.18 bits per heavy atom. The fourth-order valence-electron chi connectivity index (χ4n) is 2.03. The number of nitrogens with one attached hydrogen (secondary N) is 1. The average molecular weight is 302 g/mol. The Morgan fingerprint density at radius 1 is 1.41 bits per heavy atom. The van der Waals surface area contributed by atoms with E-state index < -0.39 is 5.97 Å². The van der Waals surface area contributed by atoms with Gasteiger partial charge in [0.15, 0.2) is 10.4 Å². The molecule has 0 bridgehead atoms. The van der Waals surface area contributed by atoms with Crippen molar-refractivity contribution in [1.82, 2.24) is 5.32 Å². The van der Waals surface area contributed by atoms with E-state index in [0.717, 1.165) is 0 Å². The quantitative estimate of drug-likeness (QED) is 0.895. The van der Waals surface area contributed by atoms with Crippen LogP contribution in [-0.4, -0.2) is 23.0 Å². The number of carboxylic acid groups (broad SMARTS) is 1. The van der Waals surface area contributed by atoms with Gasteiger partial charge >= 0.3 is 5.97 Å². The van der Waals surface area contributed by atoms with Gasteiger partial charge < -0.3 is 14.8 Å². The third kappa shape index (κ3) is 2.88. The van der Waals surface area contributed by atoms with Crippen molar-refractivity contribution in [3.63, 3.8) is 0 Å². The Morgan fingerprint density at radius 3 is 2.71 bits per heavy atom. The van der Waals surface area contributed by atoms with Crippen LogP contribution < -0.4 is 5.32 Å². The Kier molecular flexibility index (Phi) is 3.51. The molecule has 2 rings (SSSR count). The SMILES string of the molecule is O=C(N[C@@H]1CC[C@H](C(=O)O)C1)c1ccc(Br)o1. The van der Waals surface area contributed by atoms with Crippen molar-refractivity contribution in [3.05, 3.63) is 22.6 Å². The van der Waals surface area contributed by atoms with Crippen molar-refractivity contribution < 1.29 is 19.1 Å². The Balaban J connectivity index is 1.90. The zero-order chi connectivity index (χ0) is 12.4. The molecular weight excluding hydrogens is 290 g/mol. The number of carbonyl (C=O) groups excluding carboxylic acids is 1. The summed E-state index contributed by atoms with van der Waals surface area (Å²) in [5, 5.41) is 11.6. The summed E-state index contributed by atoms with van der Waals surface area (Å²) < 4.78 is 5.62. The van der Waals surface area contributed by atoms with Gasteiger partial charge in [-0.1, -0.05) is 0 Å². The molecule has 1 heterocycles. The normalized spacial score (nSPS) is 23.6. The molecule has 1 aliphatic carbocycles. The van der Waals surface area contributed by atoms with E-state index in [1.807, 2.05) is 0 Å². The molecule has 0 aromatic carbocycles. The van der Waals surface area contributed by atoms with Crippen molar-refractivity contribution in [3.8, 4) is 0 Å². The zero-order valence-electron chi connectivity index (χ0n) is 8.98. The minimum Gasteiger partial charge on any atom is -0.481 e. The van der Waals surface area contributed by atoms with Crippen molar-refractivity contribution in [2.75, 3.05) is 0 Å². The van der Waals surface area contributed by atoms with Gasteiger partial charge in [0.05, 0.1) is 5.92 Å². The second kappa shape index (κ2) is 4.91.